The highest BCUT2D eigenvalue weighted by molar-refractivity contribution is 5.94. The second-order valence-corrected chi connectivity index (χ2v) is 4.48. The summed E-state index contributed by atoms with van der Waals surface area (Å²) >= 11 is 0. The summed E-state index contributed by atoms with van der Waals surface area (Å²) in [5, 5.41) is 0. The molecule has 0 aliphatic carbocycles. The summed E-state index contributed by atoms with van der Waals surface area (Å²) in [4.78, 5) is 14.1. The van der Waals surface area contributed by atoms with Crippen molar-refractivity contribution in [3.05, 3.63) is 29.6 Å². The van der Waals surface area contributed by atoms with Crippen molar-refractivity contribution < 1.29 is 13.9 Å². The van der Waals surface area contributed by atoms with E-state index in [1.54, 1.807) is 18.1 Å². The molecule has 1 aromatic carbocycles. The molecule has 1 aromatic rings. The Morgan fingerprint density at radius 1 is 1.53 bits per heavy atom. The van der Waals surface area contributed by atoms with Gasteiger partial charge in [0.1, 0.15) is 5.82 Å². The minimum Gasteiger partial charge on any atom is -0.396 e. The van der Waals surface area contributed by atoms with Gasteiger partial charge < -0.3 is 15.4 Å². The summed E-state index contributed by atoms with van der Waals surface area (Å²) in [5.74, 6) is -0.771. The van der Waals surface area contributed by atoms with Crippen molar-refractivity contribution in [3.63, 3.8) is 0 Å². The Morgan fingerprint density at radius 2 is 2.21 bits per heavy atom. The Morgan fingerprint density at radius 3 is 2.74 bits per heavy atom. The number of methoxy groups -OCH3 is 1. The predicted octanol–water partition coefficient (Wildman–Crippen LogP) is 2.29. The highest BCUT2D eigenvalue weighted by Crippen LogP contribution is 2.16. The fourth-order valence-corrected chi connectivity index (χ4v) is 1.76. The number of carbonyl (C=O) groups is 1. The smallest absolute Gasteiger partial charge is 0.254 e. The first-order chi connectivity index (χ1) is 9.01. The molecule has 5 heteroatoms. The van der Waals surface area contributed by atoms with Crippen LogP contribution in [0.5, 0.6) is 0 Å². The molecule has 2 N–H and O–H groups in total. The summed E-state index contributed by atoms with van der Waals surface area (Å²) < 4.78 is 18.4. The molecule has 0 radical (unpaired) electrons. The molecule has 106 valence electrons. The molecule has 0 heterocycles. The third-order valence-corrected chi connectivity index (χ3v) is 3.17. The van der Waals surface area contributed by atoms with Gasteiger partial charge >= 0.3 is 0 Å². The zero-order valence-corrected chi connectivity index (χ0v) is 11.6. The van der Waals surface area contributed by atoms with E-state index in [4.69, 9.17) is 10.5 Å². The van der Waals surface area contributed by atoms with Crippen LogP contribution in [-0.2, 0) is 4.74 Å². The number of rotatable bonds is 6. The fraction of sp³-hybridized carbons (Fsp3) is 0.500. The number of halogens is 1. The highest BCUT2D eigenvalue weighted by atomic mass is 19.1. The quantitative estimate of drug-likeness (QED) is 0.805. The number of hydrogen-bond donors (Lipinski definition) is 1. The van der Waals surface area contributed by atoms with Crippen LogP contribution in [0, 0.1) is 5.82 Å². The van der Waals surface area contributed by atoms with Crippen LogP contribution in [0.4, 0.5) is 10.1 Å². The van der Waals surface area contributed by atoms with Gasteiger partial charge in [-0.05, 0) is 31.5 Å². The molecule has 4 nitrogen and oxygen atoms in total. The SMILES string of the molecule is CCC(C)N(CCOC)C(=O)c1ccc(N)c(F)c1. The molecule has 1 unspecified atom stereocenters. The lowest BCUT2D eigenvalue weighted by Gasteiger charge is -2.28. The van der Waals surface area contributed by atoms with E-state index in [1.807, 2.05) is 13.8 Å². The van der Waals surface area contributed by atoms with Crippen LogP contribution in [-0.4, -0.2) is 37.1 Å². The van der Waals surface area contributed by atoms with Gasteiger partial charge in [-0.1, -0.05) is 6.92 Å². The van der Waals surface area contributed by atoms with Crippen LogP contribution >= 0.6 is 0 Å². The molecule has 1 rings (SSSR count). The van der Waals surface area contributed by atoms with E-state index in [-0.39, 0.29) is 17.6 Å². The van der Waals surface area contributed by atoms with Gasteiger partial charge in [0.25, 0.3) is 5.91 Å². The third-order valence-electron chi connectivity index (χ3n) is 3.17. The van der Waals surface area contributed by atoms with Crippen LogP contribution < -0.4 is 5.73 Å². The van der Waals surface area contributed by atoms with Crippen LogP contribution in [0.2, 0.25) is 0 Å². The lowest BCUT2D eigenvalue weighted by molar-refractivity contribution is 0.0613. The minimum absolute atomic E-state index is 0.0449. The van der Waals surface area contributed by atoms with Gasteiger partial charge in [-0.15, -0.1) is 0 Å². The number of nitrogen functional groups attached to an aromatic ring is 1. The number of carbonyl (C=O) groups excluding carboxylic acids is 1. The zero-order chi connectivity index (χ0) is 14.4. The predicted molar refractivity (Wildman–Crippen MR) is 73.5 cm³/mol. The average molecular weight is 268 g/mol. The van der Waals surface area contributed by atoms with E-state index in [2.05, 4.69) is 0 Å². The average Bonchev–Trinajstić information content (AvgIpc) is 2.41. The van der Waals surface area contributed by atoms with Gasteiger partial charge in [-0.25, -0.2) is 4.39 Å². The van der Waals surface area contributed by atoms with E-state index in [0.717, 1.165) is 6.42 Å². The second-order valence-electron chi connectivity index (χ2n) is 4.48. The summed E-state index contributed by atoms with van der Waals surface area (Å²) in [6.45, 7) is 4.90. The summed E-state index contributed by atoms with van der Waals surface area (Å²) in [6, 6.07) is 4.21. The highest BCUT2D eigenvalue weighted by Gasteiger charge is 2.20. The third kappa shape index (κ3) is 3.92. The van der Waals surface area contributed by atoms with Crippen LogP contribution in [0.1, 0.15) is 30.6 Å². The van der Waals surface area contributed by atoms with E-state index in [0.29, 0.717) is 18.7 Å². The zero-order valence-electron chi connectivity index (χ0n) is 11.6. The normalized spacial score (nSPS) is 12.2. The Kier molecular flexibility index (Phi) is 5.76. The largest absolute Gasteiger partial charge is 0.396 e. The second kappa shape index (κ2) is 7.09. The maximum atomic E-state index is 13.4. The maximum Gasteiger partial charge on any atom is 0.254 e. The van der Waals surface area contributed by atoms with E-state index < -0.39 is 5.82 Å². The van der Waals surface area contributed by atoms with Gasteiger partial charge in [0.2, 0.25) is 0 Å². The summed E-state index contributed by atoms with van der Waals surface area (Å²) in [7, 11) is 1.59. The van der Waals surface area contributed by atoms with Crippen LogP contribution in [0.25, 0.3) is 0 Å². The number of anilines is 1. The molecule has 19 heavy (non-hydrogen) atoms. The van der Waals surface area contributed by atoms with Crippen molar-refractivity contribution in [1.82, 2.24) is 4.90 Å². The summed E-state index contributed by atoms with van der Waals surface area (Å²) in [6.07, 6.45) is 0.826. The van der Waals surface area contributed by atoms with Crippen molar-refractivity contribution >= 4 is 11.6 Å². The van der Waals surface area contributed by atoms with Gasteiger partial charge in [-0.2, -0.15) is 0 Å². The number of amides is 1. The standard InChI is InChI=1S/C14H21FN2O2/c1-4-10(2)17(7-8-19-3)14(18)11-5-6-13(16)12(15)9-11/h5-6,9-10H,4,7-8,16H2,1-3H3. The van der Waals surface area contributed by atoms with Crippen molar-refractivity contribution in [2.45, 2.75) is 26.3 Å². The molecule has 1 amide bonds. The number of nitrogens with two attached hydrogens (primary N) is 1. The summed E-state index contributed by atoms with van der Waals surface area (Å²) in [5.41, 5.74) is 5.76. The monoisotopic (exact) mass is 268 g/mol. The van der Waals surface area contributed by atoms with Crippen molar-refractivity contribution in [2.75, 3.05) is 26.0 Å². The van der Waals surface area contributed by atoms with Gasteiger partial charge in [0.15, 0.2) is 0 Å². The Hall–Kier alpha value is -1.62. The van der Waals surface area contributed by atoms with Crippen molar-refractivity contribution in [1.29, 1.82) is 0 Å². The number of ether oxygens (including phenoxy) is 1. The Bertz CT molecular complexity index is 437. The van der Waals surface area contributed by atoms with Gasteiger partial charge in [0.05, 0.1) is 12.3 Å². The number of benzene rings is 1. The Labute approximate surface area is 113 Å². The van der Waals surface area contributed by atoms with Crippen LogP contribution in [0.3, 0.4) is 0 Å². The first-order valence-electron chi connectivity index (χ1n) is 6.36. The topological polar surface area (TPSA) is 55.6 Å². The van der Waals surface area contributed by atoms with E-state index in [9.17, 15) is 9.18 Å². The van der Waals surface area contributed by atoms with Gasteiger partial charge in [-0.3, -0.25) is 4.79 Å². The molecule has 0 aromatic heterocycles. The molecule has 0 saturated carbocycles. The van der Waals surface area contributed by atoms with Crippen LogP contribution in [0.15, 0.2) is 18.2 Å². The fourth-order valence-electron chi connectivity index (χ4n) is 1.76. The lowest BCUT2D eigenvalue weighted by atomic mass is 10.1. The molecular weight excluding hydrogens is 247 g/mol. The number of hydrogen-bond acceptors (Lipinski definition) is 3. The molecule has 0 spiro atoms. The van der Waals surface area contributed by atoms with E-state index >= 15 is 0 Å². The maximum absolute atomic E-state index is 13.4. The molecule has 0 fully saturated rings. The molecule has 0 bridgehead atoms. The molecule has 0 aliphatic rings. The van der Waals surface area contributed by atoms with E-state index in [1.165, 1.54) is 12.1 Å². The first kappa shape index (κ1) is 15.4. The molecule has 0 aliphatic heterocycles. The lowest BCUT2D eigenvalue weighted by Crippen LogP contribution is -2.40. The molecular formula is C14H21FN2O2. The van der Waals surface area contributed by atoms with Gasteiger partial charge in [0, 0.05) is 25.3 Å². The molecule has 0 saturated heterocycles. The van der Waals surface area contributed by atoms with Crippen molar-refractivity contribution in [2.24, 2.45) is 0 Å². The Balaban J connectivity index is 2.94. The van der Waals surface area contributed by atoms with Crippen molar-refractivity contribution in [3.8, 4) is 0 Å². The number of nitrogens with zero attached hydrogens (tertiary/aromatic N) is 1. The first-order valence-corrected chi connectivity index (χ1v) is 6.36. The molecule has 1 atom stereocenters. The minimum atomic E-state index is -0.568.